The van der Waals surface area contributed by atoms with Crippen molar-refractivity contribution in [3.05, 3.63) is 0 Å². The minimum atomic E-state index is -0.726. The molecule has 2 amide bonds. The van der Waals surface area contributed by atoms with Crippen LogP contribution in [0.2, 0.25) is 0 Å². The van der Waals surface area contributed by atoms with Crippen molar-refractivity contribution in [2.75, 3.05) is 13.7 Å². The van der Waals surface area contributed by atoms with Crippen LogP contribution in [-0.2, 0) is 19.1 Å². The normalized spacial score (nSPS) is 21.0. The van der Waals surface area contributed by atoms with E-state index in [1.165, 1.54) is 7.11 Å². The Morgan fingerprint density at radius 3 is 2.29 bits per heavy atom. The van der Waals surface area contributed by atoms with Crippen molar-refractivity contribution in [1.82, 2.24) is 16.0 Å². The first-order valence-electron chi connectivity index (χ1n) is 8.73. The van der Waals surface area contributed by atoms with Gasteiger partial charge in [0, 0.05) is 0 Å². The molecule has 1 aliphatic rings. The lowest BCUT2D eigenvalue weighted by Crippen LogP contribution is -2.57. The van der Waals surface area contributed by atoms with Crippen LogP contribution >= 0.6 is 0 Å². The van der Waals surface area contributed by atoms with Crippen LogP contribution in [0.1, 0.15) is 47.0 Å². The lowest BCUT2D eigenvalue weighted by Gasteiger charge is -2.28. The molecule has 3 N–H and O–H groups in total. The maximum atomic E-state index is 12.7. The zero-order chi connectivity index (χ0) is 18.3. The molecule has 0 aromatic rings. The van der Waals surface area contributed by atoms with Crippen LogP contribution < -0.4 is 16.0 Å². The van der Waals surface area contributed by atoms with Gasteiger partial charge in [0.1, 0.15) is 12.1 Å². The molecule has 7 nitrogen and oxygen atoms in total. The molecule has 1 heterocycles. The van der Waals surface area contributed by atoms with Crippen LogP contribution in [-0.4, -0.2) is 49.6 Å². The monoisotopic (exact) mass is 341 g/mol. The maximum Gasteiger partial charge on any atom is 0.328 e. The second kappa shape index (κ2) is 9.61. The highest BCUT2D eigenvalue weighted by molar-refractivity contribution is 5.92. The van der Waals surface area contributed by atoms with E-state index >= 15 is 0 Å². The summed E-state index contributed by atoms with van der Waals surface area (Å²) in [7, 11) is 1.30. The zero-order valence-corrected chi connectivity index (χ0v) is 15.3. The summed E-state index contributed by atoms with van der Waals surface area (Å²) < 4.78 is 4.75. The highest BCUT2D eigenvalue weighted by atomic mass is 16.5. The Bertz CT molecular complexity index is 447. The average Bonchev–Trinajstić information content (AvgIpc) is 3.10. The Labute approximate surface area is 144 Å². The Kier molecular flexibility index (Phi) is 8.18. The fourth-order valence-electron chi connectivity index (χ4n) is 2.73. The summed E-state index contributed by atoms with van der Waals surface area (Å²) in [6.45, 7) is 8.36. The van der Waals surface area contributed by atoms with Gasteiger partial charge in [0.15, 0.2) is 0 Å². The van der Waals surface area contributed by atoms with Crippen molar-refractivity contribution in [1.29, 1.82) is 0 Å². The first-order chi connectivity index (χ1) is 11.3. The summed E-state index contributed by atoms with van der Waals surface area (Å²) in [6.07, 6.45) is 2.47. The van der Waals surface area contributed by atoms with Crippen LogP contribution in [0, 0.1) is 11.8 Å². The van der Waals surface area contributed by atoms with Gasteiger partial charge < -0.3 is 20.7 Å². The van der Waals surface area contributed by atoms with Gasteiger partial charge in [0.25, 0.3) is 0 Å². The van der Waals surface area contributed by atoms with E-state index in [9.17, 15) is 14.4 Å². The minimum Gasteiger partial charge on any atom is -0.467 e. The Morgan fingerprint density at radius 1 is 1.17 bits per heavy atom. The SMILES string of the molecule is CC[C@H](C)[C@H](NC(=O)[C@@H]1CCCN1)C(=O)N[C@H](C(=O)OC)C(C)C. The second-order valence-corrected chi connectivity index (χ2v) is 6.77. The molecule has 0 spiro atoms. The van der Waals surface area contributed by atoms with Gasteiger partial charge in [-0.15, -0.1) is 0 Å². The van der Waals surface area contributed by atoms with E-state index in [-0.39, 0.29) is 29.7 Å². The molecular weight excluding hydrogens is 310 g/mol. The predicted molar refractivity (Wildman–Crippen MR) is 91.2 cm³/mol. The number of methoxy groups -OCH3 is 1. The lowest BCUT2D eigenvalue weighted by atomic mass is 9.96. The van der Waals surface area contributed by atoms with E-state index in [1.807, 2.05) is 27.7 Å². The summed E-state index contributed by atoms with van der Waals surface area (Å²) in [5, 5.41) is 8.70. The standard InChI is InChI=1S/C17H31N3O4/c1-6-11(4)14(20-15(21)12-8-7-9-18-12)16(22)19-13(10(2)3)17(23)24-5/h10-14,18H,6-9H2,1-5H3,(H,19,22)(H,20,21)/t11-,12-,13-,14-/m0/s1. The van der Waals surface area contributed by atoms with Gasteiger partial charge in [0.2, 0.25) is 11.8 Å². The molecule has 0 radical (unpaired) electrons. The fourth-order valence-corrected chi connectivity index (χ4v) is 2.73. The van der Waals surface area contributed by atoms with Crippen LogP contribution in [0.25, 0.3) is 0 Å². The topological polar surface area (TPSA) is 96.5 Å². The number of amides is 2. The van der Waals surface area contributed by atoms with Crippen molar-refractivity contribution in [2.45, 2.75) is 65.1 Å². The number of hydrogen-bond donors (Lipinski definition) is 3. The summed E-state index contributed by atoms with van der Waals surface area (Å²) in [5.41, 5.74) is 0. The minimum absolute atomic E-state index is 0.0409. The quantitative estimate of drug-likeness (QED) is 0.561. The molecule has 1 aliphatic heterocycles. The van der Waals surface area contributed by atoms with Crippen molar-refractivity contribution in [3.8, 4) is 0 Å². The highest BCUT2D eigenvalue weighted by Gasteiger charge is 2.33. The van der Waals surface area contributed by atoms with E-state index in [0.717, 1.165) is 25.8 Å². The van der Waals surface area contributed by atoms with Crippen LogP contribution in [0.3, 0.4) is 0 Å². The highest BCUT2D eigenvalue weighted by Crippen LogP contribution is 2.12. The first-order valence-corrected chi connectivity index (χ1v) is 8.73. The van der Waals surface area contributed by atoms with Gasteiger partial charge in [-0.25, -0.2) is 4.79 Å². The zero-order valence-electron chi connectivity index (χ0n) is 15.3. The van der Waals surface area contributed by atoms with Gasteiger partial charge in [-0.3, -0.25) is 9.59 Å². The number of nitrogens with one attached hydrogen (secondary N) is 3. The average molecular weight is 341 g/mol. The van der Waals surface area contributed by atoms with Gasteiger partial charge in [-0.2, -0.15) is 0 Å². The molecule has 1 rings (SSSR count). The van der Waals surface area contributed by atoms with Gasteiger partial charge >= 0.3 is 5.97 Å². The summed E-state index contributed by atoms with van der Waals surface area (Å²) in [5.74, 6) is -1.14. The van der Waals surface area contributed by atoms with Crippen LogP contribution in [0.5, 0.6) is 0 Å². The Balaban J connectivity index is 2.80. The predicted octanol–water partition coefficient (Wildman–Crippen LogP) is 0.583. The molecule has 4 atom stereocenters. The summed E-state index contributed by atoms with van der Waals surface area (Å²) >= 11 is 0. The molecule has 138 valence electrons. The lowest BCUT2D eigenvalue weighted by molar-refractivity contribution is -0.146. The number of hydrogen-bond acceptors (Lipinski definition) is 5. The molecule has 0 unspecified atom stereocenters. The number of ether oxygens (including phenoxy) is 1. The van der Waals surface area contributed by atoms with Gasteiger partial charge in [-0.05, 0) is 31.2 Å². The van der Waals surface area contributed by atoms with E-state index < -0.39 is 18.1 Å². The van der Waals surface area contributed by atoms with Crippen LogP contribution in [0.4, 0.5) is 0 Å². The van der Waals surface area contributed by atoms with E-state index in [0.29, 0.717) is 0 Å². The number of esters is 1. The Hall–Kier alpha value is -1.63. The van der Waals surface area contributed by atoms with Crippen molar-refractivity contribution < 1.29 is 19.1 Å². The molecule has 24 heavy (non-hydrogen) atoms. The largest absolute Gasteiger partial charge is 0.467 e. The number of carbonyl (C=O) groups excluding carboxylic acids is 3. The van der Waals surface area contributed by atoms with E-state index in [1.54, 1.807) is 0 Å². The van der Waals surface area contributed by atoms with Gasteiger partial charge in [-0.1, -0.05) is 34.1 Å². The third kappa shape index (κ3) is 5.47. The molecule has 0 aromatic heterocycles. The molecule has 0 bridgehead atoms. The van der Waals surface area contributed by atoms with Crippen LogP contribution in [0.15, 0.2) is 0 Å². The van der Waals surface area contributed by atoms with E-state index in [2.05, 4.69) is 16.0 Å². The first kappa shape index (κ1) is 20.4. The van der Waals surface area contributed by atoms with E-state index in [4.69, 9.17) is 4.74 Å². The Morgan fingerprint density at radius 2 is 1.83 bits per heavy atom. The smallest absolute Gasteiger partial charge is 0.328 e. The summed E-state index contributed by atoms with van der Waals surface area (Å²) in [6, 6.07) is -1.64. The van der Waals surface area contributed by atoms with Gasteiger partial charge in [0.05, 0.1) is 13.2 Å². The van der Waals surface area contributed by atoms with Crippen molar-refractivity contribution >= 4 is 17.8 Å². The van der Waals surface area contributed by atoms with Crippen molar-refractivity contribution in [2.24, 2.45) is 11.8 Å². The molecule has 0 aromatic carbocycles. The maximum absolute atomic E-state index is 12.7. The fraction of sp³-hybridized carbons (Fsp3) is 0.824. The summed E-state index contributed by atoms with van der Waals surface area (Å²) in [4.78, 5) is 36.9. The molecule has 0 aliphatic carbocycles. The second-order valence-electron chi connectivity index (χ2n) is 6.77. The molecular formula is C17H31N3O4. The number of rotatable bonds is 8. The van der Waals surface area contributed by atoms with Crippen molar-refractivity contribution in [3.63, 3.8) is 0 Å². The number of carbonyl (C=O) groups is 3. The molecule has 1 saturated heterocycles. The molecule has 0 saturated carbocycles. The third-order valence-corrected chi connectivity index (χ3v) is 4.59. The third-order valence-electron chi connectivity index (χ3n) is 4.59. The molecule has 1 fully saturated rings. The molecule has 7 heteroatoms.